The van der Waals surface area contributed by atoms with Gasteiger partial charge in [-0.15, -0.1) is 0 Å². The van der Waals surface area contributed by atoms with Crippen LogP contribution in [0.5, 0.6) is 0 Å². The maximum atomic E-state index is 11.4. The van der Waals surface area contributed by atoms with Crippen molar-refractivity contribution in [1.29, 1.82) is 0 Å². The molecule has 0 amide bonds. The van der Waals surface area contributed by atoms with Crippen molar-refractivity contribution >= 4 is 11.8 Å². The van der Waals surface area contributed by atoms with Crippen LogP contribution < -0.4 is 0 Å². The zero-order chi connectivity index (χ0) is 11.0. The number of esters is 1. The molecule has 3 heteroatoms. The van der Waals surface area contributed by atoms with Crippen LogP contribution in [0.25, 0.3) is 0 Å². The van der Waals surface area contributed by atoms with E-state index in [0.29, 0.717) is 6.61 Å². The van der Waals surface area contributed by atoms with Crippen molar-refractivity contribution in [3.8, 4) is 0 Å². The number of carbonyl (C=O) groups excluding carboxylic acids is 2. The number of Topliss-reactive ketones (excluding diaryl/α,β-unsaturated/α-hetero) is 1. The standard InChI is InChI=1S/C11H20O3/c1-4-6-7-9(3)10(12)8-11(13)14-5-2/h9H,4-8H2,1-3H3/t9-/m1/s1. The molecule has 0 fully saturated rings. The van der Waals surface area contributed by atoms with Crippen LogP contribution in [0.3, 0.4) is 0 Å². The molecule has 0 spiro atoms. The Morgan fingerprint density at radius 3 is 2.43 bits per heavy atom. The minimum Gasteiger partial charge on any atom is -0.466 e. The van der Waals surface area contributed by atoms with E-state index in [0.717, 1.165) is 19.3 Å². The molecule has 0 N–H and O–H groups in total. The first-order chi connectivity index (χ1) is 6.61. The molecule has 0 saturated heterocycles. The molecule has 0 bridgehead atoms. The summed E-state index contributed by atoms with van der Waals surface area (Å²) in [6, 6.07) is 0. The summed E-state index contributed by atoms with van der Waals surface area (Å²) < 4.78 is 4.71. The second kappa shape index (κ2) is 7.54. The van der Waals surface area contributed by atoms with Crippen molar-refractivity contribution in [3.63, 3.8) is 0 Å². The van der Waals surface area contributed by atoms with E-state index in [1.807, 2.05) is 6.92 Å². The van der Waals surface area contributed by atoms with Gasteiger partial charge in [-0.3, -0.25) is 9.59 Å². The highest BCUT2D eigenvalue weighted by molar-refractivity contribution is 5.96. The summed E-state index contributed by atoms with van der Waals surface area (Å²) in [5.74, 6) is -0.419. The Morgan fingerprint density at radius 1 is 1.29 bits per heavy atom. The fraction of sp³-hybridized carbons (Fsp3) is 0.818. The van der Waals surface area contributed by atoms with E-state index in [2.05, 4.69) is 6.92 Å². The fourth-order valence-corrected chi connectivity index (χ4v) is 1.20. The summed E-state index contributed by atoms with van der Waals surface area (Å²) in [6.45, 7) is 6.04. The first-order valence-corrected chi connectivity index (χ1v) is 5.30. The van der Waals surface area contributed by atoms with E-state index < -0.39 is 5.97 Å². The summed E-state index contributed by atoms with van der Waals surface area (Å²) in [6.07, 6.45) is 2.92. The second-order valence-corrected chi connectivity index (χ2v) is 3.49. The largest absolute Gasteiger partial charge is 0.466 e. The molecule has 0 aromatic carbocycles. The third-order valence-corrected chi connectivity index (χ3v) is 2.16. The number of hydrogen-bond donors (Lipinski definition) is 0. The molecule has 0 aliphatic rings. The van der Waals surface area contributed by atoms with Crippen LogP contribution in [0, 0.1) is 5.92 Å². The van der Waals surface area contributed by atoms with Crippen molar-refractivity contribution in [3.05, 3.63) is 0 Å². The lowest BCUT2D eigenvalue weighted by Gasteiger charge is -2.08. The minimum absolute atomic E-state index is 0.00287. The number of rotatable bonds is 7. The molecule has 14 heavy (non-hydrogen) atoms. The van der Waals surface area contributed by atoms with Gasteiger partial charge in [0.2, 0.25) is 0 Å². The van der Waals surface area contributed by atoms with Gasteiger partial charge < -0.3 is 4.74 Å². The predicted molar refractivity (Wildman–Crippen MR) is 54.9 cm³/mol. The van der Waals surface area contributed by atoms with Gasteiger partial charge in [-0.25, -0.2) is 0 Å². The zero-order valence-corrected chi connectivity index (χ0v) is 9.34. The molecule has 0 unspecified atom stereocenters. The number of ketones is 1. The third kappa shape index (κ3) is 5.73. The molecule has 0 aliphatic carbocycles. The Bertz CT molecular complexity index is 187. The Morgan fingerprint density at radius 2 is 1.93 bits per heavy atom. The Labute approximate surface area is 85.8 Å². The van der Waals surface area contributed by atoms with Crippen LogP contribution >= 0.6 is 0 Å². The van der Waals surface area contributed by atoms with Crippen molar-refractivity contribution in [2.24, 2.45) is 5.92 Å². The van der Waals surface area contributed by atoms with Gasteiger partial charge in [0.05, 0.1) is 6.61 Å². The van der Waals surface area contributed by atoms with Crippen molar-refractivity contribution < 1.29 is 14.3 Å². The summed E-state index contributed by atoms with van der Waals surface area (Å²) in [5.41, 5.74) is 0. The van der Waals surface area contributed by atoms with Crippen molar-refractivity contribution in [2.75, 3.05) is 6.61 Å². The average Bonchev–Trinajstić information content (AvgIpc) is 2.14. The highest BCUT2D eigenvalue weighted by Gasteiger charge is 2.16. The Balaban J connectivity index is 3.76. The zero-order valence-electron chi connectivity index (χ0n) is 9.34. The van der Waals surface area contributed by atoms with Gasteiger partial charge in [0.25, 0.3) is 0 Å². The van der Waals surface area contributed by atoms with Gasteiger partial charge in [-0.05, 0) is 13.3 Å². The molecule has 0 rings (SSSR count). The Kier molecular flexibility index (Phi) is 7.07. The average molecular weight is 200 g/mol. The lowest BCUT2D eigenvalue weighted by molar-refractivity contribution is -0.146. The van der Waals surface area contributed by atoms with Crippen LogP contribution in [-0.4, -0.2) is 18.4 Å². The van der Waals surface area contributed by atoms with Crippen LogP contribution in [0.4, 0.5) is 0 Å². The summed E-state index contributed by atoms with van der Waals surface area (Å²) in [4.78, 5) is 22.4. The predicted octanol–water partition coefficient (Wildman–Crippen LogP) is 2.33. The molecule has 0 saturated carbocycles. The van der Waals surface area contributed by atoms with Gasteiger partial charge in [0.15, 0.2) is 0 Å². The SMILES string of the molecule is CCCC[C@@H](C)C(=O)CC(=O)OCC. The molecular weight excluding hydrogens is 180 g/mol. The minimum atomic E-state index is -0.402. The molecule has 82 valence electrons. The van der Waals surface area contributed by atoms with Crippen molar-refractivity contribution in [2.45, 2.75) is 46.5 Å². The van der Waals surface area contributed by atoms with Gasteiger partial charge in [0, 0.05) is 5.92 Å². The monoisotopic (exact) mass is 200 g/mol. The fourth-order valence-electron chi connectivity index (χ4n) is 1.20. The lowest BCUT2D eigenvalue weighted by Crippen LogP contribution is -2.17. The quantitative estimate of drug-likeness (QED) is 0.468. The molecule has 0 heterocycles. The maximum Gasteiger partial charge on any atom is 0.313 e. The summed E-state index contributed by atoms with van der Waals surface area (Å²) in [5, 5.41) is 0. The number of hydrogen-bond acceptors (Lipinski definition) is 3. The smallest absolute Gasteiger partial charge is 0.313 e. The van der Waals surface area contributed by atoms with Gasteiger partial charge in [0.1, 0.15) is 12.2 Å². The van der Waals surface area contributed by atoms with E-state index in [1.165, 1.54) is 0 Å². The van der Waals surface area contributed by atoms with E-state index >= 15 is 0 Å². The molecule has 3 nitrogen and oxygen atoms in total. The molecule has 0 aromatic heterocycles. The number of carbonyl (C=O) groups is 2. The molecular formula is C11H20O3. The van der Waals surface area contributed by atoms with Crippen molar-refractivity contribution in [1.82, 2.24) is 0 Å². The van der Waals surface area contributed by atoms with Crippen LogP contribution in [0.2, 0.25) is 0 Å². The first kappa shape index (κ1) is 13.1. The van der Waals surface area contributed by atoms with E-state index in [-0.39, 0.29) is 18.1 Å². The summed E-state index contributed by atoms with van der Waals surface area (Å²) in [7, 11) is 0. The normalized spacial score (nSPS) is 12.2. The van der Waals surface area contributed by atoms with E-state index in [9.17, 15) is 9.59 Å². The van der Waals surface area contributed by atoms with E-state index in [1.54, 1.807) is 6.92 Å². The Hall–Kier alpha value is -0.860. The van der Waals surface area contributed by atoms with Gasteiger partial charge in [-0.1, -0.05) is 26.7 Å². The van der Waals surface area contributed by atoms with Gasteiger partial charge >= 0.3 is 5.97 Å². The highest BCUT2D eigenvalue weighted by atomic mass is 16.5. The third-order valence-electron chi connectivity index (χ3n) is 2.16. The maximum absolute atomic E-state index is 11.4. The number of unbranched alkanes of at least 4 members (excludes halogenated alkanes) is 1. The lowest BCUT2D eigenvalue weighted by atomic mass is 9.98. The van der Waals surface area contributed by atoms with E-state index in [4.69, 9.17) is 4.74 Å². The van der Waals surface area contributed by atoms with Gasteiger partial charge in [-0.2, -0.15) is 0 Å². The van der Waals surface area contributed by atoms with Crippen LogP contribution in [0.1, 0.15) is 46.5 Å². The molecule has 0 aliphatic heterocycles. The first-order valence-electron chi connectivity index (χ1n) is 5.30. The number of ether oxygens (including phenoxy) is 1. The molecule has 1 atom stereocenters. The molecule has 0 radical (unpaired) electrons. The topological polar surface area (TPSA) is 43.4 Å². The second-order valence-electron chi connectivity index (χ2n) is 3.49. The molecule has 0 aromatic rings. The summed E-state index contributed by atoms with van der Waals surface area (Å²) >= 11 is 0. The van der Waals surface area contributed by atoms with Crippen LogP contribution in [0.15, 0.2) is 0 Å². The van der Waals surface area contributed by atoms with Crippen LogP contribution in [-0.2, 0) is 14.3 Å². The highest BCUT2D eigenvalue weighted by Crippen LogP contribution is 2.10.